The molecule has 0 aliphatic carbocycles. The number of nitro groups is 1. The highest BCUT2D eigenvalue weighted by atomic mass is 19.1. The maximum atomic E-state index is 12.8. The van der Waals surface area contributed by atoms with E-state index in [-0.39, 0.29) is 17.3 Å². The van der Waals surface area contributed by atoms with E-state index in [4.69, 9.17) is 4.42 Å². The summed E-state index contributed by atoms with van der Waals surface area (Å²) in [7, 11) is 0. The molecule has 0 aliphatic rings. The number of nitrogens with zero attached hydrogens (tertiary/aromatic N) is 3. The lowest BCUT2D eigenvalue weighted by Crippen LogP contribution is -1.87. The second kappa shape index (κ2) is 3.91. The highest BCUT2D eigenvalue weighted by molar-refractivity contribution is 5.63. The fourth-order valence-electron chi connectivity index (χ4n) is 1.87. The van der Waals surface area contributed by atoms with E-state index < -0.39 is 4.92 Å². The fourth-order valence-corrected chi connectivity index (χ4v) is 1.87. The fraction of sp³-hybridized carbons (Fsp3) is 0.0833. The summed E-state index contributed by atoms with van der Waals surface area (Å²) in [4.78, 5) is 14.1. The van der Waals surface area contributed by atoms with E-state index in [2.05, 4.69) is 4.98 Å². The second-order valence-corrected chi connectivity index (χ2v) is 4.02. The minimum absolute atomic E-state index is 0.0711. The maximum absolute atomic E-state index is 12.8. The van der Waals surface area contributed by atoms with Crippen LogP contribution in [0.15, 0.2) is 34.9 Å². The van der Waals surface area contributed by atoms with Gasteiger partial charge in [0.2, 0.25) is 5.82 Å². The summed E-state index contributed by atoms with van der Waals surface area (Å²) in [5.41, 5.74) is 0.709. The zero-order chi connectivity index (χ0) is 13.6. The molecule has 2 heterocycles. The minimum atomic E-state index is -0.597. The molecule has 0 bridgehead atoms. The molecule has 0 unspecified atom stereocenters. The van der Waals surface area contributed by atoms with Gasteiger partial charge in [0.05, 0.1) is 6.20 Å². The Morgan fingerprint density at radius 1 is 1.37 bits per heavy atom. The number of oxazole rings is 1. The van der Waals surface area contributed by atoms with Crippen molar-refractivity contribution in [3.8, 4) is 11.3 Å². The largest absolute Gasteiger partial charge is 0.431 e. The van der Waals surface area contributed by atoms with Gasteiger partial charge in [-0.15, -0.1) is 0 Å². The Kier molecular flexibility index (Phi) is 2.34. The van der Waals surface area contributed by atoms with Crippen LogP contribution in [0, 0.1) is 22.9 Å². The third-order valence-electron chi connectivity index (χ3n) is 2.78. The number of fused-ring (bicyclic) bond motifs is 1. The van der Waals surface area contributed by atoms with E-state index in [0.29, 0.717) is 17.1 Å². The molecule has 0 saturated heterocycles. The predicted octanol–water partition coefficient (Wildman–Crippen LogP) is 2.95. The molecule has 1 aromatic carbocycles. The van der Waals surface area contributed by atoms with Crippen molar-refractivity contribution < 1.29 is 13.7 Å². The standard InChI is InChI=1S/C12H8FN3O3/c1-7-14-11(16(17)18)12-15(7)6-10(19-12)8-2-4-9(13)5-3-8/h2-6H,1H3. The van der Waals surface area contributed by atoms with E-state index in [0.717, 1.165) is 0 Å². The number of halogens is 1. The summed E-state index contributed by atoms with van der Waals surface area (Å²) in [5, 5.41) is 10.8. The molecule has 3 rings (SSSR count). The zero-order valence-electron chi connectivity index (χ0n) is 9.83. The third kappa shape index (κ3) is 1.75. The molecule has 0 amide bonds. The van der Waals surface area contributed by atoms with Gasteiger partial charge in [0.15, 0.2) is 5.76 Å². The van der Waals surface area contributed by atoms with Gasteiger partial charge in [0.25, 0.3) is 0 Å². The number of hydrogen-bond donors (Lipinski definition) is 0. The van der Waals surface area contributed by atoms with Crippen molar-refractivity contribution in [2.45, 2.75) is 6.92 Å². The van der Waals surface area contributed by atoms with Gasteiger partial charge >= 0.3 is 11.5 Å². The molecule has 3 aromatic rings. The molecule has 0 aliphatic heterocycles. The molecular weight excluding hydrogens is 253 g/mol. The van der Waals surface area contributed by atoms with Crippen LogP contribution >= 0.6 is 0 Å². The monoisotopic (exact) mass is 261 g/mol. The molecule has 0 N–H and O–H groups in total. The van der Waals surface area contributed by atoms with Crippen molar-refractivity contribution in [1.29, 1.82) is 0 Å². The summed E-state index contributed by atoms with van der Waals surface area (Å²) in [6.07, 6.45) is 1.60. The Balaban J connectivity index is 2.19. The molecule has 7 heteroatoms. The topological polar surface area (TPSA) is 73.6 Å². The lowest BCUT2D eigenvalue weighted by molar-refractivity contribution is -0.388. The van der Waals surface area contributed by atoms with Gasteiger partial charge in [-0.3, -0.25) is 0 Å². The van der Waals surface area contributed by atoms with Crippen LogP contribution in [0.25, 0.3) is 17.0 Å². The van der Waals surface area contributed by atoms with Crippen LogP contribution in [0.1, 0.15) is 5.82 Å². The van der Waals surface area contributed by atoms with Crippen molar-refractivity contribution in [2.24, 2.45) is 0 Å². The molecule has 0 radical (unpaired) electrons. The Hall–Kier alpha value is -2.70. The molecular formula is C12H8FN3O3. The van der Waals surface area contributed by atoms with Crippen LogP contribution < -0.4 is 0 Å². The van der Waals surface area contributed by atoms with E-state index in [9.17, 15) is 14.5 Å². The van der Waals surface area contributed by atoms with Gasteiger partial charge in [0, 0.05) is 12.5 Å². The number of aryl methyl sites for hydroxylation is 1. The molecule has 19 heavy (non-hydrogen) atoms. The van der Waals surface area contributed by atoms with Crippen LogP contribution in [0.3, 0.4) is 0 Å². The van der Waals surface area contributed by atoms with Crippen molar-refractivity contribution in [3.05, 3.63) is 52.2 Å². The Morgan fingerprint density at radius 3 is 2.68 bits per heavy atom. The van der Waals surface area contributed by atoms with Crippen molar-refractivity contribution in [3.63, 3.8) is 0 Å². The minimum Gasteiger partial charge on any atom is -0.431 e. The first-order valence-electron chi connectivity index (χ1n) is 5.45. The predicted molar refractivity (Wildman–Crippen MR) is 64.2 cm³/mol. The van der Waals surface area contributed by atoms with Crippen LogP contribution in [0.4, 0.5) is 10.2 Å². The Morgan fingerprint density at radius 2 is 2.05 bits per heavy atom. The van der Waals surface area contributed by atoms with Crippen LogP contribution in [-0.4, -0.2) is 14.3 Å². The van der Waals surface area contributed by atoms with Crippen molar-refractivity contribution in [2.75, 3.05) is 0 Å². The van der Waals surface area contributed by atoms with Crippen LogP contribution in [-0.2, 0) is 0 Å². The number of benzene rings is 1. The molecule has 2 aromatic heterocycles. The molecule has 0 saturated carbocycles. The summed E-state index contributed by atoms with van der Waals surface area (Å²) in [6.45, 7) is 1.64. The van der Waals surface area contributed by atoms with Gasteiger partial charge in [-0.2, -0.15) is 0 Å². The van der Waals surface area contributed by atoms with E-state index in [1.54, 1.807) is 25.3 Å². The first-order chi connectivity index (χ1) is 9.06. The normalized spacial score (nSPS) is 11.1. The zero-order valence-corrected chi connectivity index (χ0v) is 9.83. The summed E-state index contributed by atoms with van der Waals surface area (Å²) >= 11 is 0. The Bertz CT molecular complexity index is 773. The molecule has 96 valence electrons. The number of imidazole rings is 1. The first kappa shape index (κ1) is 11.4. The number of rotatable bonds is 2. The van der Waals surface area contributed by atoms with Gasteiger partial charge in [-0.05, 0) is 34.2 Å². The summed E-state index contributed by atoms with van der Waals surface area (Å²) < 4.78 is 19.8. The quantitative estimate of drug-likeness (QED) is 0.525. The Labute approximate surface area is 106 Å². The molecule has 0 spiro atoms. The molecule has 0 atom stereocenters. The van der Waals surface area contributed by atoms with Gasteiger partial charge in [-0.1, -0.05) is 0 Å². The average molecular weight is 261 g/mol. The maximum Gasteiger partial charge on any atom is 0.427 e. The van der Waals surface area contributed by atoms with E-state index in [1.807, 2.05) is 0 Å². The number of aromatic nitrogens is 2. The van der Waals surface area contributed by atoms with Crippen molar-refractivity contribution in [1.82, 2.24) is 9.38 Å². The smallest absolute Gasteiger partial charge is 0.427 e. The number of hydrogen-bond acceptors (Lipinski definition) is 4. The molecule has 0 fully saturated rings. The lowest BCUT2D eigenvalue weighted by atomic mass is 10.2. The second-order valence-electron chi connectivity index (χ2n) is 4.02. The lowest BCUT2D eigenvalue weighted by Gasteiger charge is -1.94. The highest BCUT2D eigenvalue weighted by Crippen LogP contribution is 2.28. The van der Waals surface area contributed by atoms with E-state index in [1.165, 1.54) is 16.5 Å². The van der Waals surface area contributed by atoms with Crippen LogP contribution in [0.5, 0.6) is 0 Å². The van der Waals surface area contributed by atoms with Crippen molar-refractivity contribution >= 4 is 11.5 Å². The SMILES string of the molecule is Cc1nc([N+](=O)[O-])c2oc(-c3ccc(F)cc3)cn12. The summed E-state index contributed by atoms with van der Waals surface area (Å²) in [5.74, 6) is 0.194. The highest BCUT2D eigenvalue weighted by Gasteiger charge is 2.24. The third-order valence-corrected chi connectivity index (χ3v) is 2.78. The van der Waals surface area contributed by atoms with Gasteiger partial charge in [0.1, 0.15) is 5.82 Å². The van der Waals surface area contributed by atoms with Crippen LogP contribution in [0.2, 0.25) is 0 Å². The van der Waals surface area contributed by atoms with Gasteiger partial charge < -0.3 is 14.5 Å². The first-order valence-corrected chi connectivity index (χ1v) is 5.45. The van der Waals surface area contributed by atoms with Gasteiger partial charge in [-0.25, -0.2) is 8.79 Å². The molecule has 6 nitrogen and oxygen atoms in total. The average Bonchev–Trinajstić information content (AvgIpc) is 2.91. The van der Waals surface area contributed by atoms with E-state index >= 15 is 0 Å². The summed E-state index contributed by atoms with van der Waals surface area (Å²) in [6, 6.07) is 5.68.